The van der Waals surface area contributed by atoms with Gasteiger partial charge in [-0.25, -0.2) is 9.59 Å². The van der Waals surface area contributed by atoms with Gasteiger partial charge < -0.3 is 14.2 Å². The number of hydrogen-bond donors (Lipinski definition) is 0. The second-order valence-electron chi connectivity index (χ2n) is 7.51. The minimum atomic E-state index is -0.444. The highest BCUT2D eigenvalue weighted by Crippen LogP contribution is 2.45. The summed E-state index contributed by atoms with van der Waals surface area (Å²) < 4.78 is 16.4. The van der Waals surface area contributed by atoms with E-state index in [1.807, 2.05) is 60.7 Å². The maximum absolute atomic E-state index is 12.8. The van der Waals surface area contributed by atoms with Crippen molar-refractivity contribution in [3.05, 3.63) is 107 Å². The Morgan fingerprint density at radius 3 is 2.16 bits per heavy atom. The molecule has 162 valence electrons. The first-order valence-electron chi connectivity index (χ1n) is 10.4. The molecule has 0 fully saturated rings. The third-order valence-electron chi connectivity index (χ3n) is 5.74. The Hall–Kier alpha value is -3.86. The number of carbonyl (C=O) groups excluding carboxylic acids is 2. The van der Waals surface area contributed by atoms with Crippen molar-refractivity contribution < 1.29 is 23.8 Å². The number of para-hydroxylation sites is 1. The van der Waals surface area contributed by atoms with Gasteiger partial charge in [-0.1, -0.05) is 60.7 Å². The second-order valence-corrected chi connectivity index (χ2v) is 7.51. The van der Waals surface area contributed by atoms with E-state index in [1.165, 1.54) is 7.11 Å². The molecule has 0 aromatic heterocycles. The Morgan fingerprint density at radius 2 is 1.44 bits per heavy atom. The number of fused-ring (bicyclic) bond motifs is 1. The maximum atomic E-state index is 12.8. The van der Waals surface area contributed by atoms with E-state index in [9.17, 15) is 9.59 Å². The third kappa shape index (κ3) is 4.14. The molecule has 0 radical (unpaired) electrons. The first-order chi connectivity index (χ1) is 15.6. The molecule has 0 saturated carbocycles. The summed E-state index contributed by atoms with van der Waals surface area (Å²) in [7, 11) is 2.98. The van der Waals surface area contributed by atoms with Crippen molar-refractivity contribution in [3.8, 4) is 5.75 Å². The van der Waals surface area contributed by atoms with E-state index < -0.39 is 17.9 Å². The summed E-state index contributed by atoms with van der Waals surface area (Å²) in [5, 5.41) is 0. The summed E-state index contributed by atoms with van der Waals surface area (Å²) in [6.07, 6.45) is 1.83. The molecule has 0 saturated heterocycles. The standard InChI is InChI=1S/C27H24O5/c1-30-24-15-9-8-14-21(24)25-20-13-7-6-12-19(20)16-22(27(29)31-2)23(25)17-32-26(28)18-10-4-3-5-11-18/h3-16,23,25H,17H2,1-2H3/t23-,25+/m0/s1. The molecule has 32 heavy (non-hydrogen) atoms. The van der Waals surface area contributed by atoms with E-state index >= 15 is 0 Å². The lowest BCUT2D eigenvalue weighted by Crippen LogP contribution is -2.30. The number of benzene rings is 3. The lowest BCUT2D eigenvalue weighted by atomic mass is 9.71. The Balaban J connectivity index is 1.78. The van der Waals surface area contributed by atoms with Gasteiger partial charge in [0.05, 0.1) is 26.4 Å². The van der Waals surface area contributed by atoms with E-state index in [4.69, 9.17) is 14.2 Å². The summed E-state index contributed by atoms with van der Waals surface area (Å²) in [6.45, 7) is 0.0196. The number of hydrogen-bond acceptors (Lipinski definition) is 5. The topological polar surface area (TPSA) is 61.8 Å². The van der Waals surface area contributed by atoms with Gasteiger partial charge in [-0.2, -0.15) is 0 Å². The predicted octanol–water partition coefficient (Wildman–Crippen LogP) is 4.87. The molecule has 0 unspecified atom stereocenters. The smallest absolute Gasteiger partial charge is 0.338 e. The van der Waals surface area contributed by atoms with Crippen LogP contribution in [0, 0.1) is 5.92 Å². The van der Waals surface area contributed by atoms with Crippen molar-refractivity contribution in [2.45, 2.75) is 5.92 Å². The van der Waals surface area contributed by atoms with Gasteiger partial charge in [-0.05, 0) is 35.4 Å². The minimum Gasteiger partial charge on any atom is -0.496 e. The Morgan fingerprint density at radius 1 is 0.781 bits per heavy atom. The van der Waals surface area contributed by atoms with Gasteiger partial charge in [0, 0.05) is 23.0 Å². The fraction of sp³-hybridized carbons (Fsp3) is 0.185. The SMILES string of the molecule is COC(=O)C1=Cc2ccccc2[C@H](c2ccccc2OC)[C@H]1COC(=O)c1ccccc1. The average molecular weight is 428 g/mol. The van der Waals surface area contributed by atoms with Gasteiger partial charge in [-0.15, -0.1) is 0 Å². The fourth-order valence-corrected chi connectivity index (χ4v) is 4.24. The molecule has 0 aliphatic heterocycles. The van der Waals surface area contributed by atoms with Crippen LogP contribution in [0.4, 0.5) is 0 Å². The molecule has 5 nitrogen and oxygen atoms in total. The first-order valence-corrected chi connectivity index (χ1v) is 10.4. The van der Waals surface area contributed by atoms with E-state index in [0.29, 0.717) is 16.9 Å². The Labute approximate surface area is 187 Å². The van der Waals surface area contributed by atoms with Crippen LogP contribution in [0.1, 0.15) is 33.0 Å². The number of ether oxygens (including phenoxy) is 3. The van der Waals surface area contributed by atoms with Crippen LogP contribution >= 0.6 is 0 Å². The van der Waals surface area contributed by atoms with Crippen molar-refractivity contribution in [2.75, 3.05) is 20.8 Å². The largest absolute Gasteiger partial charge is 0.496 e. The second kappa shape index (κ2) is 9.52. The zero-order valence-corrected chi connectivity index (χ0v) is 18.0. The summed E-state index contributed by atoms with van der Waals surface area (Å²) in [6, 6.07) is 24.4. The van der Waals surface area contributed by atoms with Crippen molar-refractivity contribution in [3.63, 3.8) is 0 Å². The highest BCUT2D eigenvalue weighted by atomic mass is 16.5. The zero-order chi connectivity index (χ0) is 22.5. The quantitative estimate of drug-likeness (QED) is 0.524. The van der Waals surface area contributed by atoms with Gasteiger partial charge in [0.25, 0.3) is 0 Å². The molecule has 1 aliphatic carbocycles. The molecule has 3 aromatic carbocycles. The van der Waals surface area contributed by atoms with E-state index in [2.05, 4.69) is 0 Å². The van der Waals surface area contributed by atoms with Gasteiger partial charge in [0.2, 0.25) is 0 Å². The van der Waals surface area contributed by atoms with Crippen LogP contribution in [0.25, 0.3) is 6.08 Å². The number of carbonyl (C=O) groups is 2. The van der Waals surface area contributed by atoms with Crippen molar-refractivity contribution in [1.29, 1.82) is 0 Å². The average Bonchev–Trinajstić information content (AvgIpc) is 2.86. The fourth-order valence-electron chi connectivity index (χ4n) is 4.24. The lowest BCUT2D eigenvalue weighted by molar-refractivity contribution is -0.137. The number of methoxy groups -OCH3 is 2. The summed E-state index contributed by atoms with van der Waals surface area (Å²) >= 11 is 0. The van der Waals surface area contributed by atoms with E-state index in [0.717, 1.165) is 16.7 Å². The minimum absolute atomic E-state index is 0.0196. The summed E-state index contributed by atoms with van der Waals surface area (Å²) in [4.78, 5) is 25.4. The Bertz CT molecular complexity index is 1150. The number of esters is 2. The van der Waals surface area contributed by atoms with Crippen LogP contribution in [0.2, 0.25) is 0 Å². The molecular formula is C27H24O5. The highest BCUT2D eigenvalue weighted by molar-refractivity contribution is 5.96. The monoisotopic (exact) mass is 428 g/mol. The molecule has 1 aliphatic rings. The molecule has 0 spiro atoms. The lowest BCUT2D eigenvalue weighted by Gasteiger charge is -2.34. The molecule has 2 atom stereocenters. The molecular weight excluding hydrogens is 404 g/mol. The van der Waals surface area contributed by atoms with Crippen molar-refractivity contribution >= 4 is 18.0 Å². The van der Waals surface area contributed by atoms with Gasteiger partial charge >= 0.3 is 11.9 Å². The van der Waals surface area contributed by atoms with Crippen LogP contribution in [-0.2, 0) is 14.3 Å². The van der Waals surface area contributed by atoms with Crippen molar-refractivity contribution in [2.24, 2.45) is 5.92 Å². The highest BCUT2D eigenvalue weighted by Gasteiger charge is 2.38. The molecule has 4 rings (SSSR count). The van der Waals surface area contributed by atoms with E-state index in [1.54, 1.807) is 31.4 Å². The van der Waals surface area contributed by atoms with Gasteiger partial charge in [-0.3, -0.25) is 0 Å². The molecule has 0 bridgehead atoms. The van der Waals surface area contributed by atoms with Crippen LogP contribution in [0.15, 0.2) is 84.4 Å². The molecule has 3 aromatic rings. The van der Waals surface area contributed by atoms with Crippen LogP contribution in [0.5, 0.6) is 5.75 Å². The third-order valence-corrected chi connectivity index (χ3v) is 5.74. The zero-order valence-electron chi connectivity index (χ0n) is 18.0. The van der Waals surface area contributed by atoms with Gasteiger partial charge in [0.1, 0.15) is 5.75 Å². The maximum Gasteiger partial charge on any atom is 0.338 e. The first kappa shape index (κ1) is 21.4. The van der Waals surface area contributed by atoms with Gasteiger partial charge in [0.15, 0.2) is 0 Å². The molecule has 0 heterocycles. The molecule has 0 N–H and O–H groups in total. The number of rotatable bonds is 6. The van der Waals surface area contributed by atoms with Crippen LogP contribution in [0.3, 0.4) is 0 Å². The molecule has 0 amide bonds. The van der Waals surface area contributed by atoms with Crippen molar-refractivity contribution in [1.82, 2.24) is 0 Å². The molecule has 5 heteroatoms. The van der Waals surface area contributed by atoms with E-state index in [-0.39, 0.29) is 12.5 Å². The summed E-state index contributed by atoms with van der Waals surface area (Å²) in [5.41, 5.74) is 3.79. The normalized spacial score (nSPS) is 17.0. The predicted molar refractivity (Wildman–Crippen MR) is 121 cm³/mol. The van der Waals surface area contributed by atoms with Crippen LogP contribution in [-0.4, -0.2) is 32.8 Å². The van der Waals surface area contributed by atoms with Crippen LogP contribution < -0.4 is 4.74 Å². The Kier molecular flexibility index (Phi) is 6.36. The summed E-state index contributed by atoms with van der Waals surface area (Å²) in [5.74, 6) is -0.878.